The molecular weight excluding hydrogens is 583 g/mol. The Balaban J connectivity index is 1.55. The van der Waals surface area contributed by atoms with Crippen LogP contribution in [0.25, 0.3) is 0 Å². The Bertz CT molecular complexity index is 1370. The average Bonchev–Trinajstić information content (AvgIpc) is 3.05. The summed E-state index contributed by atoms with van der Waals surface area (Å²) in [5.41, 5.74) is 2.50. The largest absolute Gasteiger partial charge is 0.493 e. The monoisotopic (exact) mass is 632 g/mol. The van der Waals surface area contributed by atoms with E-state index in [2.05, 4.69) is 45.0 Å². The van der Waals surface area contributed by atoms with Gasteiger partial charge in [0.15, 0.2) is 0 Å². The number of piperidine rings is 1. The fourth-order valence-corrected chi connectivity index (χ4v) is 5.20. The Morgan fingerprint density at radius 2 is 1.26 bits per heavy atom. The first-order chi connectivity index (χ1) is 22.1. The summed E-state index contributed by atoms with van der Waals surface area (Å²) in [4.78, 5) is 33.6. The van der Waals surface area contributed by atoms with Crippen molar-refractivity contribution in [1.29, 1.82) is 0 Å². The van der Waals surface area contributed by atoms with Crippen LogP contribution in [0.4, 0.5) is 14.0 Å². The van der Waals surface area contributed by atoms with Crippen molar-refractivity contribution in [1.82, 2.24) is 20.0 Å². The molecule has 0 saturated carbocycles. The standard InChI is InChI=1S/C37H49FN4O4/c1-27(2)25-45-34-14-8-29(9-15-34)22-39-36(43)42(24-31-10-16-35(17-11-31)46-26-28(3)4)37(44)41(33-18-20-40(5)21-19-33)23-30-6-12-32(38)13-7-30/h6-17,27-28,33H,18-26H2,1-5H3,(H,39,43). The van der Waals surface area contributed by atoms with Gasteiger partial charge in [-0.2, -0.15) is 0 Å². The fraction of sp³-hybridized carbons (Fsp3) is 0.459. The van der Waals surface area contributed by atoms with E-state index in [9.17, 15) is 14.0 Å². The summed E-state index contributed by atoms with van der Waals surface area (Å²) in [5, 5.41) is 2.97. The number of urea groups is 2. The van der Waals surface area contributed by atoms with E-state index in [1.54, 1.807) is 17.0 Å². The molecule has 248 valence electrons. The van der Waals surface area contributed by atoms with Crippen LogP contribution < -0.4 is 14.8 Å². The van der Waals surface area contributed by atoms with Crippen LogP contribution in [0.2, 0.25) is 0 Å². The molecule has 1 N–H and O–H groups in total. The van der Waals surface area contributed by atoms with Crippen molar-refractivity contribution in [2.45, 2.75) is 66.2 Å². The number of benzene rings is 3. The lowest BCUT2D eigenvalue weighted by molar-refractivity contribution is 0.104. The molecule has 0 aromatic heterocycles. The SMILES string of the molecule is CC(C)COc1ccc(CNC(=O)N(Cc2ccc(OCC(C)C)cc2)C(=O)N(Cc2ccc(F)cc2)C2CCN(C)CC2)cc1. The quantitative estimate of drug-likeness (QED) is 0.214. The van der Waals surface area contributed by atoms with Gasteiger partial charge in [-0.1, -0.05) is 64.1 Å². The molecule has 1 aliphatic rings. The van der Waals surface area contributed by atoms with Gasteiger partial charge in [-0.25, -0.2) is 18.9 Å². The molecule has 1 aliphatic heterocycles. The first-order valence-electron chi connectivity index (χ1n) is 16.3. The van der Waals surface area contributed by atoms with Crippen LogP contribution in [0.5, 0.6) is 11.5 Å². The van der Waals surface area contributed by atoms with Crippen LogP contribution >= 0.6 is 0 Å². The number of carbonyl (C=O) groups is 2. The van der Waals surface area contributed by atoms with Gasteiger partial charge in [0.2, 0.25) is 0 Å². The molecule has 1 saturated heterocycles. The third-order valence-corrected chi connectivity index (χ3v) is 7.91. The molecule has 0 spiro atoms. The van der Waals surface area contributed by atoms with E-state index in [0.29, 0.717) is 25.0 Å². The Labute approximate surface area is 273 Å². The van der Waals surface area contributed by atoms with Crippen molar-refractivity contribution < 1.29 is 23.5 Å². The number of hydrogen-bond donors (Lipinski definition) is 1. The summed E-state index contributed by atoms with van der Waals surface area (Å²) >= 11 is 0. The maximum Gasteiger partial charge on any atom is 0.329 e. The van der Waals surface area contributed by atoms with Gasteiger partial charge >= 0.3 is 12.1 Å². The Morgan fingerprint density at radius 1 is 0.783 bits per heavy atom. The molecule has 1 fully saturated rings. The predicted molar refractivity (Wildman–Crippen MR) is 179 cm³/mol. The van der Waals surface area contributed by atoms with Crippen molar-refractivity contribution in [2.24, 2.45) is 11.8 Å². The van der Waals surface area contributed by atoms with Crippen molar-refractivity contribution >= 4 is 12.1 Å². The van der Waals surface area contributed by atoms with E-state index in [-0.39, 0.29) is 37.5 Å². The number of imide groups is 1. The summed E-state index contributed by atoms with van der Waals surface area (Å²) in [6.07, 6.45) is 1.57. The summed E-state index contributed by atoms with van der Waals surface area (Å²) in [6, 6.07) is 20.4. The van der Waals surface area contributed by atoms with E-state index in [1.807, 2.05) is 48.5 Å². The van der Waals surface area contributed by atoms with Gasteiger partial charge in [0.1, 0.15) is 17.3 Å². The normalized spacial score (nSPS) is 13.9. The maximum absolute atomic E-state index is 14.4. The topological polar surface area (TPSA) is 74.3 Å². The van der Waals surface area contributed by atoms with Gasteiger partial charge in [-0.15, -0.1) is 0 Å². The average molecular weight is 633 g/mol. The van der Waals surface area contributed by atoms with Crippen molar-refractivity contribution in [3.05, 3.63) is 95.3 Å². The second kappa shape index (κ2) is 17.0. The maximum atomic E-state index is 14.4. The van der Waals surface area contributed by atoms with Crippen molar-refractivity contribution in [2.75, 3.05) is 33.4 Å². The number of likely N-dealkylation sites (tertiary alicyclic amines) is 1. The number of nitrogens with one attached hydrogen (secondary N) is 1. The van der Waals surface area contributed by atoms with Gasteiger partial charge in [-0.3, -0.25) is 0 Å². The summed E-state index contributed by atoms with van der Waals surface area (Å²) < 4.78 is 25.4. The number of ether oxygens (including phenoxy) is 2. The first-order valence-corrected chi connectivity index (χ1v) is 16.3. The Morgan fingerprint density at radius 3 is 1.78 bits per heavy atom. The molecule has 3 aromatic carbocycles. The molecule has 1 heterocycles. The molecule has 0 atom stereocenters. The lowest BCUT2D eigenvalue weighted by atomic mass is 10.0. The smallest absolute Gasteiger partial charge is 0.329 e. The molecule has 4 amide bonds. The molecule has 8 nitrogen and oxygen atoms in total. The zero-order valence-corrected chi connectivity index (χ0v) is 27.9. The fourth-order valence-electron chi connectivity index (χ4n) is 5.20. The molecule has 0 bridgehead atoms. The van der Waals surface area contributed by atoms with E-state index < -0.39 is 6.03 Å². The number of halogens is 1. The Kier molecular flexibility index (Phi) is 12.8. The number of carbonyl (C=O) groups excluding carboxylic acids is 2. The van der Waals surface area contributed by atoms with Crippen LogP contribution in [-0.2, 0) is 19.6 Å². The second-order valence-corrected chi connectivity index (χ2v) is 13.0. The molecule has 9 heteroatoms. The lowest BCUT2D eigenvalue weighted by Gasteiger charge is -2.39. The van der Waals surface area contributed by atoms with E-state index in [0.717, 1.165) is 54.1 Å². The lowest BCUT2D eigenvalue weighted by Crippen LogP contribution is -2.54. The highest BCUT2D eigenvalue weighted by Gasteiger charge is 2.33. The van der Waals surface area contributed by atoms with E-state index >= 15 is 0 Å². The molecule has 0 unspecified atom stereocenters. The molecular formula is C37H49FN4O4. The third-order valence-electron chi connectivity index (χ3n) is 7.91. The van der Waals surface area contributed by atoms with E-state index in [1.165, 1.54) is 17.0 Å². The summed E-state index contributed by atoms with van der Waals surface area (Å²) in [6.45, 7) is 11.9. The highest BCUT2D eigenvalue weighted by Crippen LogP contribution is 2.23. The van der Waals surface area contributed by atoms with Crippen LogP contribution in [0.15, 0.2) is 72.8 Å². The summed E-state index contributed by atoms with van der Waals surface area (Å²) in [7, 11) is 2.07. The minimum absolute atomic E-state index is 0.0609. The third kappa shape index (κ3) is 10.8. The minimum Gasteiger partial charge on any atom is -0.493 e. The van der Waals surface area contributed by atoms with E-state index in [4.69, 9.17) is 9.47 Å². The molecule has 46 heavy (non-hydrogen) atoms. The molecule has 0 aliphatic carbocycles. The molecule has 0 radical (unpaired) electrons. The van der Waals surface area contributed by atoms with Crippen LogP contribution in [0.3, 0.4) is 0 Å². The van der Waals surface area contributed by atoms with Crippen LogP contribution in [-0.4, -0.2) is 66.2 Å². The first kappa shape index (κ1) is 34.8. The number of hydrogen-bond acceptors (Lipinski definition) is 5. The van der Waals surface area contributed by atoms with Gasteiger partial charge in [-0.05, 0) is 97.9 Å². The number of nitrogens with zero attached hydrogens (tertiary/aromatic N) is 3. The zero-order chi connectivity index (χ0) is 33.1. The number of rotatable bonds is 13. The van der Waals surface area contributed by atoms with Crippen LogP contribution in [0.1, 0.15) is 57.2 Å². The zero-order valence-electron chi connectivity index (χ0n) is 27.9. The highest BCUT2D eigenvalue weighted by atomic mass is 19.1. The highest BCUT2D eigenvalue weighted by molar-refractivity contribution is 5.93. The van der Waals surface area contributed by atoms with Crippen molar-refractivity contribution in [3.63, 3.8) is 0 Å². The summed E-state index contributed by atoms with van der Waals surface area (Å²) in [5.74, 6) is 2.00. The molecule has 3 aromatic rings. The van der Waals surface area contributed by atoms with Gasteiger partial charge < -0.3 is 24.6 Å². The predicted octanol–water partition coefficient (Wildman–Crippen LogP) is 7.32. The molecule has 4 rings (SSSR count). The number of amides is 4. The van der Waals surface area contributed by atoms with Crippen molar-refractivity contribution in [3.8, 4) is 11.5 Å². The Hall–Kier alpha value is -4.11. The van der Waals surface area contributed by atoms with Crippen LogP contribution in [0, 0.1) is 17.7 Å². The second-order valence-electron chi connectivity index (χ2n) is 13.0. The minimum atomic E-state index is -0.484. The van der Waals surface area contributed by atoms with Gasteiger partial charge in [0.05, 0.1) is 19.8 Å². The van der Waals surface area contributed by atoms with Gasteiger partial charge in [0, 0.05) is 19.1 Å². The van der Waals surface area contributed by atoms with Gasteiger partial charge in [0.25, 0.3) is 0 Å².